The van der Waals surface area contributed by atoms with Crippen molar-refractivity contribution in [2.24, 2.45) is 7.05 Å². The van der Waals surface area contributed by atoms with E-state index in [2.05, 4.69) is 10.4 Å². The molecular formula is C25H26N4O6. The van der Waals surface area contributed by atoms with E-state index in [-0.39, 0.29) is 37.1 Å². The van der Waals surface area contributed by atoms with Crippen LogP contribution in [-0.4, -0.2) is 71.2 Å². The maximum atomic E-state index is 13.1. The number of benzene rings is 2. The average Bonchev–Trinajstić information content (AvgIpc) is 3.37. The van der Waals surface area contributed by atoms with Crippen LogP contribution >= 0.6 is 0 Å². The van der Waals surface area contributed by atoms with Crippen LogP contribution in [0.4, 0.5) is 10.5 Å². The summed E-state index contributed by atoms with van der Waals surface area (Å²) in [6.45, 7) is -0.177. The van der Waals surface area contributed by atoms with Crippen LogP contribution in [0.2, 0.25) is 0 Å². The lowest BCUT2D eigenvalue weighted by molar-refractivity contribution is -0.137. The van der Waals surface area contributed by atoms with Crippen LogP contribution in [0.15, 0.2) is 54.7 Å². The number of nitrogens with one attached hydrogen (secondary N) is 1. The van der Waals surface area contributed by atoms with E-state index in [9.17, 15) is 19.5 Å². The molecule has 2 N–H and O–H groups in total. The summed E-state index contributed by atoms with van der Waals surface area (Å²) in [5, 5.41) is 15.8. The van der Waals surface area contributed by atoms with Crippen LogP contribution in [0, 0.1) is 0 Å². The van der Waals surface area contributed by atoms with Crippen LogP contribution in [0.1, 0.15) is 27.5 Å². The lowest BCUT2D eigenvalue weighted by Crippen LogP contribution is -2.39. The molecule has 182 valence electrons. The summed E-state index contributed by atoms with van der Waals surface area (Å²) < 4.78 is 11.8. The Balaban J connectivity index is 1.47. The number of rotatable bonds is 9. The minimum absolute atomic E-state index is 0.0378. The van der Waals surface area contributed by atoms with Crippen molar-refractivity contribution in [2.75, 3.05) is 38.7 Å². The van der Waals surface area contributed by atoms with Crippen LogP contribution < -0.4 is 5.32 Å². The Hall–Kier alpha value is -4.18. The monoisotopic (exact) mass is 478 g/mol. The highest BCUT2D eigenvalue weighted by Gasteiger charge is 2.30. The molecule has 0 saturated carbocycles. The zero-order valence-corrected chi connectivity index (χ0v) is 19.4. The maximum Gasteiger partial charge on any atom is 0.411 e. The Morgan fingerprint density at radius 1 is 1.09 bits per heavy atom. The predicted molar refractivity (Wildman–Crippen MR) is 127 cm³/mol. The number of carbonyl (C=O) groups excluding carboxylic acids is 2. The molecule has 0 saturated heterocycles. The van der Waals surface area contributed by atoms with Gasteiger partial charge in [-0.05, 0) is 22.3 Å². The molecule has 0 spiro atoms. The van der Waals surface area contributed by atoms with Gasteiger partial charge in [-0.2, -0.15) is 5.10 Å². The van der Waals surface area contributed by atoms with Gasteiger partial charge in [0, 0.05) is 26.6 Å². The molecule has 4 rings (SSSR count). The molecule has 35 heavy (non-hydrogen) atoms. The van der Waals surface area contributed by atoms with Gasteiger partial charge in [0.1, 0.15) is 18.8 Å². The van der Waals surface area contributed by atoms with Crippen LogP contribution in [0.3, 0.4) is 0 Å². The highest BCUT2D eigenvalue weighted by molar-refractivity contribution is 6.02. The van der Waals surface area contributed by atoms with Gasteiger partial charge in [-0.3, -0.25) is 19.6 Å². The number of carboxylic acids is 1. The van der Waals surface area contributed by atoms with E-state index in [0.717, 1.165) is 27.2 Å². The molecular weight excluding hydrogens is 452 g/mol. The molecule has 0 atom stereocenters. The Bertz CT molecular complexity index is 1210. The molecule has 10 heteroatoms. The first-order chi connectivity index (χ1) is 16.9. The Kier molecular flexibility index (Phi) is 7.11. The summed E-state index contributed by atoms with van der Waals surface area (Å²) in [6.07, 6.45) is 0.583. The largest absolute Gasteiger partial charge is 0.480 e. The molecule has 2 aromatic carbocycles. The van der Waals surface area contributed by atoms with E-state index in [1.165, 1.54) is 25.0 Å². The third-order valence-electron chi connectivity index (χ3n) is 5.90. The normalized spacial score (nSPS) is 12.1. The van der Waals surface area contributed by atoms with Crippen molar-refractivity contribution in [3.63, 3.8) is 0 Å². The predicted octanol–water partition coefficient (Wildman–Crippen LogP) is 2.95. The van der Waals surface area contributed by atoms with Gasteiger partial charge in [-0.25, -0.2) is 4.79 Å². The molecule has 1 aromatic heterocycles. The van der Waals surface area contributed by atoms with Crippen molar-refractivity contribution >= 4 is 23.7 Å². The van der Waals surface area contributed by atoms with Crippen molar-refractivity contribution in [1.82, 2.24) is 14.7 Å². The summed E-state index contributed by atoms with van der Waals surface area (Å²) >= 11 is 0. The van der Waals surface area contributed by atoms with Gasteiger partial charge < -0.3 is 19.5 Å². The maximum absolute atomic E-state index is 13.1. The molecule has 1 aliphatic rings. The lowest BCUT2D eigenvalue weighted by Gasteiger charge is -2.21. The molecule has 0 unspecified atom stereocenters. The fourth-order valence-corrected chi connectivity index (χ4v) is 4.29. The molecule has 2 amide bonds. The number of carboxylic acid groups (broad SMARTS) is 1. The SMILES string of the molecule is COCCN(CC(=O)O)C(=O)c1c(NC(=O)OCC2c3ccccc3-c3ccccc32)cnn1C. The van der Waals surface area contributed by atoms with Crippen LogP contribution in [0.5, 0.6) is 0 Å². The second kappa shape index (κ2) is 10.4. The first-order valence-electron chi connectivity index (χ1n) is 11.0. The zero-order chi connectivity index (χ0) is 24.9. The van der Waals surface area contributed by atoms with E-state index in [1.54, 1.807) is 0 Å². The van der Waals surface area contributed by atoms with Gasteiger partial charge in [-0.15, -0.1) is 0 Å². The van der Waals surface area contributed by atoms with Gasteiger partial charge >= 0.3 is 12.1 Å². The van der Waals surface area contributed by atoms with Gasteiger partial charge in [-0.1, -0.05) is 48.5 Å². The fourth-order valence-electron chi connectivity index (χ4n) is 4.29. The number of nitrogens with zero attached hydrogens (tertiary/aromatic N) is 3. The third-order valence-corrected chi connectivity index (χ3v) is 5.90. The number of aryl methyl sites for hydroxylation is 1. The number of amides is 2. The number of aromatic nitrogens is 2. The van der Waals surface area contributed by atoms with E-state index in [4.69, 9.17) is 9.47 Å². The molecule has 0 radical (unpaired) electrons. The fraction of sp³-hybridized carbons (Fsp3) is 0.280. The van der Waals surface area contributed by atoms with E-state index in [1.807, 2.05) is 48.5 Å². The second-order valence-corrected chi connectivity index (χ2v) is 8.09. The van der Waals surface area contributed by atoms with Crippen molar-refractivity contribution in [1.29, 1.82) is 0 Å². The van der Waals surface area contributed by atoms with E-state index >= 15 is 0 Å². The Morgan fingerprint density at radius 2 is 1.71 bits per heavy atom. The Labute approximate surface area is 202 Å². The summed E-state index contributed by atoms with van der Waals surface area (Å²) in [5.74, 6) is -1.87. The first kappa shape index (κ1) is 24.0. The number of fused-ring (bicyclic) bond motifs is 3. The standard InChI is InChI=1S/C25H26N4O6/c1-28-23(24(32)29(11-12-34-2)14-22(30)31)21(13-26-28)27-25(33)35-15-20-18-9-5-3-7-16(18)17-8-4-6-10-19(17)20/h3-10,13,20H,11-12,14-15H2,1-2H3,(H,27,33)(H,30,31). The molecule has 3 aromatic rings. The summed E-state index contributed by atoms with van der Waals surface area (Å²) in [5.41, 5.74) is 4.57. The quantitative estimate of drug-likeness (QED) is 0.485. The molecule has 1 heterocycles. The van der Waals surface area contributed by atoms with Crippen molar-refractivity contribution in [3.8, 4) is 11.1 Å². The van der Waals surface area contributed by atoms with Gasteiger partial charge in [0.2, 0.25) is 0 Å². The van der Waals surface area contributed by atoms with E-state index < -0.39 is 24.5 Å². The van der Waals surface area contributed by atoms with Gasteiger partial charge in [0.05, 0.1) is 18.5 Å². The van der Waals surface area contributed by atoms with Crippen molar-refractivity contribution in [2.45, 2.75) is 5.92 Å². The number of aliphatic carboxylic acids is 1. The molecule has 10 nitrogen and oxygen atoms in total. The van der Waals surface area contributed by atoms with Gasteiger partial charge in [0.25, 0.3) is 5.91 Å². The summed E-state index contributed by atoms with van der Waals surface area (Å²) in [7, 11) is 2.99. The highest BCUT2D eigenvalue weighted by atomic mass is 16.5. The molecule has 1 aliphatic carbocycles. The lowest BCUT2D eigenvalue weighted by atomic mass is 9.98. The number of methoxy groups -OCH3 is 1. The number of hydrogen-bond donors (Lipinski definition) is 2. The van der Waals surface area contributed by atoms with Crippen molar-refractivity contribution in [3.05, 3.63) is 71.5 Å². The average molecular weight is 479 g/mol. The van der Waals surface area contributed by atoms with Crippen LogP contribution in [0.25, 0.3) is 11.1 Å². The number of carbonyl (C=O) groups is 3. The third kappa shape index (κ3) is 5.02. The first-order valence-corrected chi connectivity index (χ1v) is 11.0. The molecule has 0 fully saturated rings. The zero-order valence-electron chi connectivity index (χ0n) is 19.4. The number of ether oxygens (including phenoxy) is 2. The smallest absolute Gasteiger partial charge is 0.411 e. The number of hydrogen-bond acceptors (Lipinski definition) is 6. The van der Waals surface area contributed by atoms with E-state index in [0.29, 0.717) is 0 Å². The van der Waals surface area contributed by atoms with Gasteiger partial charge in [0.15, 0.2) is 0 Å². The minimum Gasteiger partial charge on any atom is -0.480 e. The summed E-state index contributed by atoms with van der Waals surface area (Å²) in [4.78, 5) is 38.1. The Morgan fingerprint density at radius 3 is 2.31 bits per heavy atom. The summed E-state index contributed by atoms with van der Waals surface area (Å²) in [6, 6.07) is 16.0. The topological polar surface area (TPSA) is 123 Å². The molecule has 0 bridgehead atoms. The van der Waals surface area contributed by atoms with Crippen molar-refractivity contribution < 1.29 is 29.0 Å². The second-order valence-electron chi connectivity index (χ2n) is 8.09. The highest BCUT2D eigenvalue weighted by Crippen LogP contribution is 2.44. The molecule has 0 aliphatic heterocycles. The van der Waals surface area contributed by atoms with Crippen LogP contribution in [-0.2, 0) is 21.3 Å². The minimum atomic E-state index is -1.16. The number of anilines is 1.